The molecule has 0 atom stereocenters. The highest BCUT2D eigenvalue weighted by molar-refractivity contribution is 5.51. The van der Waals surface area contributed by atoms with Gasteiger partial charge in [0.2, 0.25) is 11.6 Å². The molecule has 0 spiro atoms. The second kappa shape index (κ2) is 18.7. The van der Waals surface area contributed by atoms with Crippen LogP contribution in [0.15, 0.2) is 36.7 Å². The first kappa shape index (κ1) is 32.3. The molecule has 0 bridgehead atoms. The van der Waals surface area contributed by atoms with Gasteiger partial charge >= 0.3 is 0 Å². The fourth-order valence-corrected chi connectivity index (χ4v) is 5.20. The molecule has 3 aromatic heterocycles. The molecule has 2 saturated heterocycles. The van der Waals surface area contributed by atoms with Crippen molar-refractivity contribution >= 4 is 0 Å². The molecule has 0 amide bonds. The summed E-state index contributed by atoms with van der Waals surface area (Å²) in [5.41, 5.74) is 3.61. The number of pyridine rings is 2. The summed E-state index contributed by atoms with van der Waals surface area (Å²) in [5.74, 6) is 0.803. The maximum absolute atomic E-state index is 4.62. The first-order valence-electron chi connectivity index (χ1n) is 16.0. The summed E-state index contributed by atoms with van der Waals surface area (Å²) < 4.78 is 0. The molecule has 5 heterocycles. The second-order valence-corrected chi connectivity index (χ2v) is 11.2. The minimum absolute atomic E-state index is 0.401. The molecule has 3 aromatic rings. The molecule has 2 fully saturated rings. The highest BCUT2D eigenvalue weighted by Gasteiger charge is 2.12. The van der Waals surface area contributed by atoms with Crippen molar-refractivity contribution in [3.63, 3.8) is 0 Å². The topological polar surface area (TPSA) is 156 Å². The Hall–Kier alpha value is -3.08. The fraction of sp³-hybridized carbons (Fsp3) is 0.600. The highest BCUT2D eigenvalue weighted by Crippen LogP contribution is 2.15. The van der Waals surface area contributed by atoms with Gasteiger partial charge in [-0.3, -0.25) is 19.8 Å². The van der Waals surface area contributed by atoms with Crippen LogP contribution in [-0.4, -0.2) is 145 Å². The lowest BCUT2D eigenvalue weighted by molar-refractivity contribution is 0.263. The third kappa shape index (κ3) is 11.1. The molecule has 2 aliphatic rings. The fourth-order valence-electron chi connectivity index (χ4n) is 5.20. The van der Waals surface area contributed by atoms with Crippen molar-refractivity contribution in [2.24, 2.45) is 0 Å². The summed E-state index contributed by atoms with van der Waals surface area (Å²) in [4.78, 5) is 14.1. The maximum Gasteiger partial charge on any atom is 0.221 e. The maximum atomic E-state index is 4.62. The van der Waals surface area contributed by atoms with Gasteiger partial charge in [-0.25, -0.2) is 0 Å². The van der Waals surface area contributed by atoms with Gasteiger partial charge in [0.05, 0.1) is 0 Å². The quantitative estimate of drug-likeness (QED) is 0.194. The third-order valence-electron chi connectivity index (χ3n) is 7.73. The van der Waals surface area contributed by atoms with Gasteiger partial charge in [-0.2, -0.15) is 0 Å². The molecule has 0 aromatic carbocycles. The van der Waals surface area contributed by atoms with Crippen LogP contribution in [0.5, 0.6) is 0 Å². The average molecular weight is 605 g/mol. The zero-order chi connectivity index (χ0) is 30.1. The van der Waals surface area contributed by atoms with Crippen LogP contribution in [0.2, 0.25) is 0 Å². The molecule has 6 N–H and O–H groups in total. The Bertz CT molecular complexity index is 1070. The van der Waals surface area contributed by atoms with E-state index in [2.05, 4.69) is 84.2 Å². The monoisotopic (exact) mass is 604 g/mol. The molecule has 0 saturated carbocycles. The SMILES string of the molecule is c1cc(-c2nnc(-c3ccc(CN4CCNCCNCCNCC4)cn3)nn2)ncc1CN1CCNCCNCCNCC1. The zero-order valence-electron chi connectivity index (χ0n) is 25.8. The summed E-state index contributed by atoms with van der Waals surface area (Å²) in [6, 6.07) is 8.06. The highest BCUT2D eigenvalue weighted by atomic mass is 15.3. The largest absolute Gasteiger partial charge is 0.314 e. The van der Waals surface area contributed by atoms with Crippen LogP contribution >= 0.6 is 0 Å². The van der Waals surface area contributed by atoms with Crippen LogP contribution in [0, 0.1) is 0 Å². The lowest BCUT2D eigenvalue weighted by Gasteiger charge is -2.23. The van der Waals surface area contributed by atoms with Gasteiger partial charge in [0.15, 0.2) is 0 Å². The first-order chi connectivity index (χ1) is 21.8. The van der Waals surface area contributed by atoms with E-state index in [0.717, 1.165) is 129 Å². The van der Waals surface area contributed by atoms with Crippen molar-refractivity contribution in [2.45, 2.75) is 13.1 Å². The van der Waals surface area contributed by atoms with Crippen molar-refractivity contribution in [1.82, 2.24) is 72.1 Å². The van der Waals surface area contributed by atoms with Crippen LogP contribution < -0.4 is 31.9 Å². The van der Waals surface area contributed by atoms with Gasteiger partial charge in [-0.05, 0) is 23.3 Å². The van der Waals surface area contributed by atoms with E-state index < -0.39 is 0 Å². The molecule has 238 valence electrons. The van der Waals surface area contributed by atoms with Crippen LogP contribution in [0.1, 0.15) is 11.1 Å². The molecule has 14 nitrogen and oxygen atoms in total. The van der Waals surface area contributed by atoms with E-state index in [9.17, 15) is 0 Å². The van der Waals surface area contributed by atoms with Crippen molar-refractivity contribution in [2.75, 3.05) is 105 Å². The van der Waals surface area contributed by atoms with Gasteiger partial charge in [-0.15, -0.1) is 20.4 Å². The number of aromatic nitrogens is 6. The Morgan fingerprint density at radius 2 is 0.750 bits per heavy atom. The summed E-state index contributed by atoms with van der Waals surface area (Å²) in [6.07, 6.45) is 3.80. The van der Waals surface area contributed by atoms with E-state index in [4.69, 9.17) is 0 Å². The molecule has 0 radical (unpaired) electrons. The van der Waals surface area contributed by atoms with E-state index >= 15 is 0 Å². The molecule has 0 unspecified atom stereocenters. The Balaban J connectivity index is 1.13. The molecule has 14 heteroatoms. The Morgan fingerprint density at radius 3 is 1.05 bits per heavy atom. The van der Waals surface area contributed by atoms with Crippen molar-refractivity contribution in [1.29, 1.82) is 0 Å². The lowest BCUT2D eigenvalue weighted by Crippen LogP contribution is -2.41. The summed E-state index contributed by atoms with van der Waals surface area (Å²) in [5, 5.41) is 38.2. The van der Waals surface area contributed by atoms with E-state index in [1.54, 1.807) is 0 Å². The van der Waals surface area contributed by atoms with Crippen LogP contribution in [0.25, 0.3) is 23.0 Å². The number of rotatable bonds is 6. The van der Waals surface area contributed by atoms with E-state index in [1.165, 1.54) is 0 Å². The predicted molar refractivity (Wildman–Crippen MR) is 172 cm³/mol. The van der Waals surface area contributed by atoms with E-state index in [0.29, 0.717) is 23.0 Å². The van der Waals surface area contributed by atoms with Crippen LogP contribution in [0.4, 0.5) is 0 Å². The number of nitrogens with zero attached hydrogens (tertiary/aromatic N) is 8. The normalized spacial score (nSPS) is 19.6. The predicted octanol–water partition coefficient (Wildman–Crippen LogP) is -1.44. The minimum Gasteiger partial charge on any atom is -0.314 e. The van der Waals surface area contributed by atoms with Gasteiger partial charge < -0.3 is 31.9 Å². The van der Waals surface area contributed by atoms with Crippen LogP contribution in [0.3, 0.4) is 0 Å². The van der Waals surface area contributed by atoms with Crippen LogP contribution in [-0.2, 0) is 13.1 Å². The number of nitrogens with one attached hydrogen (secondary N) is 6. The Kier molecular flexibility index (Phi) is 13.7. The van der Waals surface area contributed by atoms with Crippen molar-refractivity contribution < 1.29 is 0 Å². The number of hydrogen-bond donors (Lipinski definition) is 6. The average Bonchev–Trinajstić information content (AvgIpc) is 3.04. The number of hydrogen-bond acceptors (Lipinski definition) is 14. The standard InChI is InChI=1S/C30H48N14/c1-3-27(37-21-25(1)23-43-17-13-33-9-5-31-6-10-34-14-18-43)29-39-41-30(42-40-29)28-4-2-26(22-38-28)24-44-19-15-35-11-7-32-8-12-36-16-20-44/h1-4,21-22,31-36H,5-20,23-24H2. The molecular weight excluding hydrogens is 556 g/mol. The lowest BCUT2D eigenvalue weighted by atomic mass is 10.2. The van der Waals surface area contributed by atoms with Gasteiger partial charge in [0.1, 0.15) is 11.4 Å². The van der Waals surface area contributed by atoms with Gasteiger partial charge in [0, 0.05) is 130 Å². The molecule has 0 aliphatic carbocycles. The molecule has 5 rings (SSSR count). The third-order valence-corrected chi connectivity index (χ3v) is 7.73. The van der Waals surface area contributed by atoms with E-state index in [1.807, 2.05) is 24.5 Å². The van der Waals surface area contributed by atoms with Crippen molar-refractivity contribution in [3.05, 3.63) is 47.8 Å². The Labute approximate surface area is 260 Å². The molecular formula is C30H48N14. The summed E-state index contributed by atoms with van der Waals surface area (Å²) in [7, 11) is 0. The minimum atomic E-state index is 0.401. The zero-order valence-corrected chi connectivity index (χ0v) is 25.8. The van der Waals surface area contributed by atoms with E-state index in [-0.39, 0.29) is 0 Å². The second-order valence-electron chi connectivity index (χ2n) is 11.2. The smallest absolute Gasteiger partial charge is 0.221 e. The summed E-state index contributed by atoms with van der Waals surface area (Å²) in [6.45, 7) is 17.4. The molecule has 44 heavy (non-hydrogen) atoms. The summed E-state index contributed by atoms with van der Waals surface area (Å²) >= 11 is 0. The van der Waals surface area contributed by atoms with Crippen molar-refractivity contribution in [3.8, 4) is 23.0 Å². The Morgan fingerprint density at radius 1 is 0.432 bits per heavy atom. The first-order valence-corrected chi connectivity index (χ1v) is 16.0. The van der Waals surface area contributed by atoms with Gasteiger partial charge in [-0.1, -0.05) is 12.1 Å². The van der Waals surface area contributed by atoms with Gasteiger partial charge in [0.25, 0.3) is 0 Å². The molecule has 2 aliphatic heterocycles.